The minimum Gasteiger partial charge on any atom is -0.398 e. The van der Waals surface area contributed by atoms with Crippen LogP contribution in [-0.2, 0) is 0 Å². The zero-order valence-electron chi connectivity index (χ0n) is 4.40. The van der Waals surface area contributed by atoms with E-state index in [0.29, 0.717) is 5.06 Å². The van der Waals surface area contributed by atoms with Crippen molar-refractivity contribution >= 4 is 17.4 Å². The summed E-state index contributed by atoms with van der Waals surface area (Å²) in [6.07, 6.45) is 0.620. The van der Waals surface area contributed by atoms with E-state index in [0.717, 1.165) is 0 Å². The molecule has 48 valence electrons. The molecule has 1 aromatic rings. The molecule has 0 spiro atoms. The van der Waals surface area contributed by atoms with Crippen LogP contribution in [0.1, 0.15) is 0 Å². The van der Waals surface area contributed by atoms with Crippen molar-refractivity contribution in [2.45, 2.75) is 0 Å². The van der Waals surface area contributed by atoms with Gasteiger partial charge >= 0.3 is 6.09 Å². The maximum absolute atomic E-state index is 10.0. The summed E-state index contributed by atoms with van der Waals surface area (Å²) in [6, 6.07) is 0. The lowest BCUT2D eigenvalue weighted by Crippen LogP contribution is -2.15. The lowest BCUT2D eigenvalue weighted by Gasteiger charge is -1.90. The predicted molar refractivity (Wildman–Crippen MR) is 32.3 cm³/mol. The molecule has 5 heteroatoms. The molecule has 1 heterocycles. The second-order valence-electron chi connectivity index (χ2n) is 1.24. The third kappa shape index (κ3) is 1.69. The average Bonchev–Trinajstić information content (AvgIpc) is 2.15. The molecule has 1 rings (SSSR count). The third-order valence-electron chi connectivity index (χ3n) is 0.611. The summed E-state index contributed by atoms with van der Waals surface area (Å²) in [5.74, 6) is 0. The summed E-state index contributed by atoms with van der Waals surface area (Å²) in [5.41, 5.74) is 6.26. The van der Waals surface area contributed by atoms with E-state index in [-0.39, 0.29) is 0 Å². The van der Waals surface area contributed by atoms with Gasteiger partial charge < -0.3 is 10.5 Å². The van der Waals surface area contributed by atoms with Gasteiger partial charge in [0.2, 0.25) is 5.06 Å². The quantitative estimate of drug-likeness (QED) is 0.627. The molecule has 2 N–H and O–H groups in total. The van der Waals surface area contributed by atoms with E-state index >= 15 is 0 Å². The normalized spacial score (nSPS) is 8.89. The molecule has 0 bridgehead atoms. The van der Waals surface area contributed by atoms with Crippen LogP contribution in [0.15, 0.2) is 11.7 Å². The van der Waals surface area contributed by atoms with Crippen molar-refractivity contribution in [2.75, 3.05) is 0 Å². The number of aromatic nitrogens is 1. The topological polar surface area (TPSA) is 65.2 Å². The van der Waals surface area contributed by atoms with Gasteiger partial charge in [-0.3, -0.25) is 0 Å². The molecular weight excluding hydrogens is 140 g/mol. The molecule has 1 aromatic heterocycles. The van der Waals surface area contributed by atoms with Crippen molar-refractivity contribution in [3.05, 3.63) is 11.7 Å². The molecule has 0 aliphatic carbocycles. The van der Waals surface area contributed by atoms with Crippen LogP contribution in [0.5, 0.6) is 5.06 Å². The van der Waals surface area contributed by atoms with Gasteiger partial charge in [-0.05, 0) is 0 Å². The first-order valence-corrected chi connectivity index (χ1v) is 3.03. The molecule has 0 unspecified atom stereocenters. The maximum atomic E-state index is 10.0. The molecule has 0 radical (unpaired) electrons. The van der Waals surface area contributed by atoms with Gasteiger partial charge in [-0.2, -0.15) is 0 Å². The molecular formula is C4H4N2O2S. The molecule has 0 aromatic carbocycles. The molecule has 0 atom stereocenters. The van der Waals surface area contributed by atoms with Crippen LogP contribution in [0, 0.1) is 0 Å². The molecule has 0 aliphatic rings. The van der Waals surface area contributed by atoms with Gasteiger partial charge in [0.25, 0.3) is 0 Å². The molecule has 0 fully saturated rings. The van der Waals surface area contributed by atoms with E-state index in [2.05, 4.69) is 9.72 Å². The Balaban J connectivity index is 2.58. The van der Waals surface area contributed by atoms with Gasteiger partial charge in [0.1, 0.15) is 0 Å². The standard InChI is InChI=1S/C4H4N2O2S/c5-4(7)8-3-1-6-2-9-3/h1-2H,(H2,5,7). The number of nitrogens with two attached hydrogens (primary N) is 1. The fourth-order valence-electron chi connectivity index (χ4n) is 0.354. The van der Waals surface area contributed by atoms with Crippen LogP contribution in [0.25, 0.3) is 0 Å². The highest BCUT2D eigenvalue weighted by molar-refractivity contribution is 7.11. The van der Waals surface area contributed by atoms with Crippen LogP contribution < -0.4 is 10.5 Å². The van der Waals surface area contributed by atoms with Crippen molar-refractivity contribution in [1.82, 2.24) is 4.98 Å². The number of hydrogen-bond donors (Lipinski definition) is 1. The number of nitrogens with zero attached hydrogens (tertiary/aromatic N) is 1. The zero-order valence-corrected chi connectivity index (χ0v) is 5.22. The van der Waals surface area contributed by atoms with Crippen molar-refractivity contribution < 1.29 is 9.53 Å². The smallest absolute Gasteiger partial charge is 0.398 e. The Morgan fingerprint density at radius 1 is 1.89 bits per heavy atom. The summed E-state index contributed by atoms with van der Waals surface area (Å²) in [6.45, 7) is 0. The second kappa shape index (κ2) is 2.45. The van der Waals surface area contributed by atoms with Crippen molar-refractivity contribution in [2.24, 2.45) is 5.73 Å². The molecule has 9 heavy (non-hydrogen) atoms. The van der Waals surface area contributed by atoms with E-state index in [1.165, 1.54) is 17.5 Å². The van der Waals surface area contributed by atoms with E-state index in [1.807, 2.05) is 0 Å². The first-order valence-electron chi connectivity index (χ1n) is 2.15. The maximum Gasteiger partial charge on any atom is 0.410 e. The largest absolute Gasteiger partial charge is 0.410 e. The van der Waals surface area contributed by atoms with Crippen LogP contribution in [0.3, 0.4) is 0 Å². The van der Waals surface area contributed by atoms with Crippen LogP contribution in [0.4, 0.5) is 4.79 Å². The Morgan fingerprint density at radius 3 is 3.11 bits per heavy atom. The van der Waals surface area contributed by atoms with Gasteiger partial charge in [-0.25, -0.2) is 9.78 Å². The van der Waals surface area contributed by atoms with Gasteiger partial charge in [0, 0.05) is 0 Å². The van der Waals surface area contributed by atoms with E-state index in [1.54, 1.807) is 5.51 Å². The Labute approximate surface area is 55.3 Å². The highest BCUT2D eigenvalue weighted by Gasteiger charge is 1.97. The SMILES string of the molecule is NC(=O)Oc1cncs1. The Kier molecular flexibility index (Phi) is 1.64. The second-order valence-corrected chi connectivity index (χ2v) is 2.09. The highest BCUT2D eigenvalue weighted by atomic mass is 32.1. The van der Waals surface area contributed by atoms with Crippen LogP contribution in [0.2, 0.25) is 0 Å². The van der Waals surface area contributed by atoms with E-state index in [4.69, 9.17) is 5.73 Å². The van der Waals surface area contributed by atoms with Gasteiger partial charge in [0.15, 0.2) is 0 Å². The number of thiazole rings is 1. The zero-order chi connectivity index (χ0) is 6.69. The number of carbonyl (C=O) groups excluding carboxylic acids is 1. The molecule has 0 saturated heterocycles. The number of amides is 1. The first kappa shape index (κ1) is 6.03. The monoisotopic (exact) mass is 144 g/mol. The van der Waals surface area contributed by atoms with Crippen molar-refractivity contribution in [1.29, 1.82) is 0 Å². The summed E-state index contributed by atoms with van der Waals surface area (Å²) < 4.78 is 4.45. The summed E-state index contributed by atoms with van der Waals surface area (Å²) in [7, 11) is 0. The lowest BCUT2D eigenvalue weighted by atomic mass is 10.9. The minimum atomic E-state index is -0.806. The lowest BCUT2D eigenvalue weighted by molar-refractivity contribution is 0.212. The number of hydrogen-bond acceptors (Lipinski definition) is 4. The summed E-state index contributed by atoms with van der Waals surface area (Å²) in [5, 5.41) is 0.419. The number of carbonyl (C=O) groups is 1. The Hall–Kier alpha value is -1.10. The van der Waals surface area contributed by atoms with Crippen molar-refractivity contribution in [3.8, 4) is 5.06 Å². The number of rotatable bonds is 1. The molecule has 4 nitrogen and oxygen atoms in total. The van der Waals surface area contributed by atoms with Crippen LogP contribution in [-0.4, -0.2) is 11.1 Å². The summed E-state index contributed by atoms with van der Waals surface area (Å²) >= 11 is 1.22. The van der Waals surface area contributed by atoms with Crippen molar-refractivity contribution in [3.63, 3.8) is 0 Å². The molecule has 0 aliphatic heterocycles. The number of primary amides is 1. The van der Waals surface area contributed by atoms with Gasteiger partial charge in [-0.15, -0.1) is 0 Å². The highest BCUT2D eigenvalue weighted by Crippen LogP contribution is 2.14. The average molecular weight is 144 g/mol. The summed E-state index contributed by atoms with van der Waals surface area (Å²) in [4.78, 5) is 13.7. The van der Waals surface area contributed by atoms with Crippen LogP contribution >= 0.6 is 11.3 Å². The van der Waals surface area contributed by atoms with Gasteiger partial charge in [0.05, 0.1) is 11.7 Å². The fourth-order valence-corrected chi connectivity index (χ4v) is 0.831. The van der Waals surface area contributed by atoms with E-state index in [9.17, 15) is 4.79 Å². The first-order chi connectivity index (χ1) is 4.29. The Morgan fingerprint density at radius 2 is 2.67 bits per heavy atom. The van der Waals surface area contributed by atoms with Gasteiger partial charge in [-0.1, -0.05) is 11.3 Å². The number of ether oxygens (including phenoxy) is 1. The fraction of sp³-hybridized carbons (Fsp3) is 0. The third-order valence-corrected chi connectivity index (χ3v) is 1.26. The molecule has 0 saturated carbocycles. The minimum absolute atomic E-state index is 0.419. The van der Waals surface area contributed by atoms with E-state index < -0.39 is 6.09 Å². The predicted octanol–water partition coefficient (Wildman–Crippen LogP) is 0.601. The Bertz CT molecular complexity index is 196. The molecule has 1 amide bonds.